The maximum absolute atomic E-state index is 13.1. The van der Waals surface area contributed by atoms with Crippen LogP contribution in [-0.2, 0) is 5.60 Å². The summed E-state index contributed by atoms with van der Waals surface area (Å²) in [6.07, 6.45) is 5.81. The van der Waals surface area contributed by atoms with Crippen LogP contribution >= 0.6 is 0 Å². The zero-order valence-electron chi connectivity index (χ0n) is 9.41. The molecule has 1 aromatic rings. The van der Waals surface area contributed by atoms with E-state index >= 15 is 0 Å². The van der Waals surface area contributed by atoms with Crippen LogP contribution < -0.4 is 5.32 Å². The molecule has 0 spiro atoms. The lowest BCUT2D eigenvalue weighted by Gasteiger charge is -2.36. The highest BCUT2D eigenvalue weighted by molar-refractivity contribution is 5.20. The fraction of sp³-hybridized carbons (Fsp3) is 0.583. The highest BCUT2D eigenvalue weighted by atomic mass is 19.1. The first-order valence-electron chi connectivity index (χ1n) is 5.67. The van der Waals surface area contributed by atoms with Crippen molar-refractivity contribution >= 4 is 0 Å². The number of nitrogens with one attached hydrogen (secondary N) is 1. The maximum Gasteiger partial charge on any atom is 0.141 e. The molecule has 16 heavy (non-hydrogen) atoms. The number of hydrogen-bond donors (Lipinski definition) is 2. The van der Waals surface area contributed by atoms with E-state index in [1.54, 1.807) is 6.92 Å². The lowest BCUT2D eigenvalue weighted by atomic mass is 9.84. The van der Waals surface area contributed by atoms with Gasteiger partial charge in [0, 0.05) is 17.8 Å². The topological polar surface area (TPSA) is 45.2 Å². The molecule has 1 saturated heterocycles. The van der Waals surface area contributed by atoms with Crippen LogP contribution in [-0.4, -0.2) is 22.7 Å². The fourth-order valence-corrected chi connectivity index (χ4v) is 2.22. The van der Waals surface area contributed by atoms with Crippen molar-refractivity contribution in [3.05, 3.63) is 29.8 Å². The van der Waals surface area contributed by atoms with E-state index in [0.29, 0.717) is 5.56 Å². The minimum atomic E-state index is -1.06. The van der Waals surface area contributed by atoms with Crippen LogP contribution in [0.1, 0.15) is 31.7 Å². The molecule has 2 unspecified atom stereocenters. The van der Waals surface area contributed by atoms with E-state index in [0.717, 1.165) is 32.0 Å². The van der Waals surface area contributed by atoms with E-state index in [1.165, 1.54) is 12.3 Å². The van der Waals surface area contributed by atoms with Gasteiger partial charge in [-0.2, -0.15) is 0 Å². The molecule has 88 valence electrons. The summed E-state index contributed by atoms with van der Waals surface area (Å²) in [6, 6.07) is 1.33. The lowest BCUT2D eigenvalue weighted by molar-refractivity contribution is 0.00511. The van der Waals surface area contributed by atoms with Crippen molar-refractivity contribution in [1.82, 2.24) is 10.3 Å². The number of pyridine rings is 1. The van der Waals surface area contributed by atoms with Crippen molar-refractivity contribution in [2.45, 2.75) is 37.8 Å². The summed E-state index contributed by atoms with van der Waals surface area (Å²) in [5.41, 5.74) is -0.526. The van der Waals surface area contributed by atoms with Gasteiger partial charge in [0.05, 0.1) is 6.20 Å². The van der Waals surface area contributed by atoms with Crippen LogP contribution in [0, 0.1) is 5.82 Å². The minimum absolute atomic E-state index is 0.0233. The van der Waals surface area contributed by atoms with Gasteiger partial charge < -0.3 is 10.4 Å². The number of halogens is 1. The molecule has 0 bridgehead atoms. The second-order valence-electron chi connectivity index (χ2n) is 4.54. The summed E-state index contributed by atoms with van der Waals surface area (Å²) in [5, 5.41) is 13.7. The SMILES string of the molecule is CC(O)(c1cncc(F)c1)C1CCCCN1. The third kappa shape index (κ3) is 2.23. The first-order valence-corrected chi connectivity index (χ1v) is 5.67. The minimum Gasteiger partial charge on any atom is -0.384 e. The summed E-state index contributed by atoms with van der Waals surface area (Å²) >= 11 is 0. The second-order valence-corrected chi connectivity index (χ2v) is 4.54. The highest BCUT2D eigenvalue weighted by Crippen LogP contribution is 2.28. The summed E-state index contributed by atoms with van der Waals surface area (Å²) in [7, 11) is 0. The molecule has 0 amide bonds. The first-order chi connectivity index (χ1) is 7.60. The van der Waals surface area contributed by atoms with Crippen molar-refractivity contribution in [2.24, 2.45) is 0 Å². The van der Waals surface area contributed by atoms with Crippen molar-refractivity contribution in [2.75, 3.05) is 6.54 Å². The Labute approximate surface area is 94.7 Å². The van der Waals surface area contributed by atoms with E-state index in [1.807, 2.05) is 0 Å². The Kier molecular flexibility index (Phi) is 3.21. The van der Waals surface area contributed by atoms with Crippen LogP contribution in [0.5, 0.6) is 0 Å². The van der Waals surface area contributed by atoms with E-state index in [2.05, 4.69) is 10.3 Å². The third-order valence-electron chi connectivity index (χ3n) is 3.28. The summed E-state index contributed by atoms with van der Waals surface area (Å²) in [5.74, 6) is -0.409. The number of piperidine rings is 1. The first kappa shape index (κ1) is 11.5. The Balaban J connectivity index is 2.22. The standard InChI is InChI=1S/C12H17FN2O/c1-12(16,11-4-2-3-5-15-11)9-6-10(13)8-14-7-9/h6-8,11,15-16H,2-5H2,1H3. The Hall–Kier alpha value is -1.00. The highest BCUT2D eigenvalue weighted by Gasteiger charge is 2.34. The number of hydrogen-bond acceptors (Lipinski definition) is 3. The molecule has 0 aromatic carbocycles. The zero-order valence-corrected chi connectivity index (χ0v) is 9.41. The molecule has 2 atom stereocenters. The van der Waals surface area contributed by atoms with Gasteiger partial charge >= 0.3 is 0 Å². The molecule has 2 heterocycles. The monoisotopic (exact) mass is 224 g/mol. The van der Waals surface area contributed by atoms with Crippen LogP contribution in [0.3, 0.4) is 0 Å². The van der Waals surface area contributed by atoms with Crippen molar-refractivity contribution in [1.29, 1.82) is 0 Å². The van der Waals surface area contributed by atoms with E-state index in [4.69, 9.17) is 0 Å². The Morgan fingerprint density at radius 1 is 1.50 bits per heavy atom. The smallest absolute Gasteiger partial charge is 0.141 e. The number of rotatable bonds is 2. The van der Waals surface area contributed by atoms with Crippen molar-refractivity contribution in [3.8, 4) is 0 Å². The van der Waals surface area contributed by atoms with Gasteiger partial charge in [-0.3, -0.25) is 4.98 Å². The van der Waals surface area contributed by atoms with Gasteiger partial charge in [0.15, 0.2) is 0 Å². The molecule has 0 aliphatic carbocycles. The molecular formula is C12H17FN2O. The Morgan fingerprint density at radius 3 is 2.94 bits per heavy atom. The fourth-order valence-electron chi connectivity index (χ4n) is 2.22. The molecule has 1 fully saturated rings. The average molecular weight is 224 g/mol. The van der Waals surface area contributed by atoms with Crippen LogP contribution in [0.15, 0.2) is 18.5 Å². The maximum atomic E-state index is 13.1. The zero-order chi connectivity index (χ0) is 11.6. The molecule has 0 saturated carbocycles. The average Bonchev–Trinajstić information content (AvgIpc) is 2.30. The lowest BCUT2D eigenvalue weighted by Crippen LogP contribution is -2.49. The van der Waals surface area contributed by atoms with Gasteiger partial charge in [-0.1, -0.05) is 6.42 Å². The van der Waals surface area contributed by atoms with Gasteiger partial charge in [-0.15, -0.1) is 0 Å². The summed E-state index contributed by atoms with van der Waals surface area (Å²) in [6.45, 7) is 2.62. The van der Waals surface area contributed by atoms with Gasteiger partial charge in [0.1, 0.15) is 11.4 Å². The van der Waals surface area contributed by atoms with E-state index in [9.17, 15) is 9.50 Å². The number of aromatic nitrogens is 1. The van der Waals surface area contributed by atoms with Gasteiger partial charge in [-0.25, -0.2) is 4.39 Å². The molecule has 1 aliphatic rings. The summed E-state index contributed by atoms with van der Waals surface area (Å²) < 4.78 is 13.1. The molecule has 2 N–H and O–H groups in total. The van der Waals surface area contributed by atoms with Gasteiger partial charge in [-0.05, 0) is 32.4 Å². The van der Waals surface area contributed by atoms with E-state index in [-0.39, 0.29) is 6.04 Å². The predicted molar refractivity (Wildman–Crippen MR) is 59.4 cm³/mol. The molecule has 1 aromatic heterocycles. The Morgan fingerprint density at radius 2 is 2.31 bits per heavy atom. The van der Waals surface area contributed by atoms with E-state index < -0.39 is 11.4 Å². The van der Waals surface area contributed by atoms with Gasteiger partial charge in [0.2, 0.25) is 0 Å². The van der Waals surface area contributed by atoms with Crippen LogP contribution in [0.25, 0.3) is 0 Å². The molecule has 3 nitrogen and oxygen atoms in total. The molecule has 0 radical (unpaired) electrons. The largest absolute Gasteiger partial charge is 0.384 e. The van der Waals surface area contributed by atoms with Gasteiger partial charge in [0.25, 0.3) is 0 Å². The van der Waals surface area contributed by atoms with Crippen molar-refractivity contribution < 1.29 is 9.50 Å². The summed E-state index contributed by atoms with van der Waals surface area (Å²) in [4.78, 5) is 3.78. The molecule has 2 rings (SSSR count). The normalized spacial score (nSPS) is 25.1. The predicted octanol–water partition coefficient (Wildman–Crippen LogP) is 1.57. The molecule has 4 heteroatoms. The van der Waals surface area contributed by atoms with Crippen molar-refractivity contribution in [3.63, 3.8) is 0 Å². The van der Waals surface area contributed by atoms with Crippen LogP contribution in [0.4, 0.5) is 4.39 Å². The number of nitrogens with zero attached hydrogens (tertiary/aromatic N) is 1. The number of aliphatic hydroxyl groups is 1. The quantitative estimate of drug-likeness (QED) is 0.801. The third-order valence-corrected chi connectivity index (χ3v) is 3.28. The Bertz CT molecular complexity index is 362. The molecule has 1 aliphatic heterocycles. The molecular weight excluding hydrogens is 207 g/mol. The second kappa shape index (κ2) is 4.47. The van der Waals surface area contributed by atoms with Crippen LogP contribution in [0.2, 0.25) is 0 Å².